The number of anilines is 2. The molecule has 0 bridgehead atoms. The molecule has 0 aliphatic carbocycles. The molecule has 14 nitrogen and oxygen atoms in total. The van der Waals surface area contributed by atoms with Gasteiger partial charge in [-0.05, 0) is 25.0 Å². The van der Waals surface area contributed by atoms with E-state index in [1.54, 1.807) is 4.90 Å². The summed E-state index contributed by atoms with van der Waals surface area (Å²) in [6, 6.07) is 4.83. The van der Waals surface area contributed by atoms with Crippen molar-refractivity contribution in [2.75, 3.05) is 30.5 Å². The number of amides is 1. The Morgan fingerprint density at radius 1 is 1.09 bits per heavy atom. The summed E-state index contributed by atoms with van der Waals surface area (Å²) in [5.41, 5.74) is 4.19. The fourth-order valence-corrected chi connectivity index (χ4v) is 3.28. The van der Waals surface area contributed by atoms with Crippen LogP contribution in [0.3, 0.4) is 0 Å². The van der Waals surface area contributed by atoms with Crippen molar-refractivity contribution in [3.8, 4) is 0 Å². The van der Waals surface area contributed by atoms with Crippen LogP contribution in [0.1, 0.15) is 23.2 Å². The predicted molar refractivity (Wildman–Crippen MR) is 110 cm³/mol. The Bertz CT molecular complexity index is 1040. The van der Waals surface area contributed by atoms with Crippen LogP contribution in [0.2, 0.25) is 0 Å². The summed E-state index contributed by atoms with van der Waals surface area (Å²) < 4.78 is 4.75. The van der Waals surface area contributed by atoms with E-state index in [0.29, 0.717) is 25.9 Å². The molecule has 1 saturated heterocycles. The highest BCUT2D eigenvalue weighted by Crippen LogP contribution is 2.33. The van der Waals surface area contributed by atoms with E-state index in [0.717, 1.165) is 18.5 Å². The van der Waals surface area contributed by atoms with Gasteiger partial charge in [-0.25, -0.2) is 9.97 Å². The Labute approximate surface area is 180 Å². The number of carbonyl (C=O) groups is 2. The van der Waals surface area contributed by atoms with Gasteiger partial charge >= 0.3 is 11.7 Å². The Kier molecular flexibility index (Phi) is 6.72. The van der Waals surface area contributed by atoms with E-state index in [1.165, 1.54) is 19.2 Å². The monoisotopic (exact) mass is 445 g/mol. The number of aromatic nitrogens is 2. The second-order valence-corrected chi connectivity index (χ2v) is 6.82. The summed E-state index contributed by atoms with van der Waals surface area (Å²) in [7, 11) is 1.31. The molecule has 1 amide bonds. The number of benzene rings is 1. The minimum Gasteiger partial charge on any atom is -0.469 e. The molecular weight excluding hydrogens is 426 g/mol. The van der Waals surface area contributed by atoms with Gasteiger partial charge in [0.2, 0.25) is 11.6 Å². The molecule has 1 aliphatic heterocycles. The van der Waals surface area contributed by atoms with Gasteiger partial charge in [0.25, 0.3) is 11.6 Å². The fourth-order valence-electron chi connectivity index (χ4n) is 3.28. The summed E-state index contributed by atoms with van der Waals surface area (Å²) in [4.78, 5) is 54.7. The number of piperidine rings is 1. The molecule has 3 rings (SSSR count). The molecule has 0 unspecified atom stereocenters. The molecule has 2 aromatic rings. The lowest BCUT2D eigenvalue weighted by molar-refractivity contribution is -0.384. The number of rotatable bonds is 7. The summed E-state index contributed by atoms with van der Waals surface area (Å²) in [6.07, 6.45) is 2.02. The van der Waals surface area contributed by atoms with Crippen LogP contribution in [0.4, 0.5) is 23.0 Å². The Hall–Kier alpha value is -4.36. The lowest BCUT2D eigenvalue weighted by atomic mass is 9.97. The number of nitro benzene ring substituents is 1. The zero-order valence-corrected chi connectivity index (χ0v) is 16.9. The van der Waals surface area contributed by atoms with Crippen LogP contribution in [-0.4, -0.2) is 51.9 Å². The van der Waals surface area contributed by atoms with Crippen LogP contribution in [0.25, 0.3) is 0 Å². The third-order valence-electron chi connectivity index (χ3n) is 4.95. The summed E-state index contributed by atoms with van der Waals surface area (Å²) >= 11 is 0. The molecule has 1 aromatic carbocycles. The predicted octanol–water partition coefficient (Wildman–Crippen LogP) is 1.44. The van der Waals surface area contributed by atoms with Crippen molar-refractivity contribution in [2.45, 2.75) is 12.8 Å². The van der Waals surface area contributed by atoms with Crippen molar-refractivity contribution in [3.05, 3.63) is 56.4 Å². The molecule has 0 atom stereocenters. The van der Waals surface area contributed by atoms with Crippen LogP contribution in [0.15, 0.2) is 30.6 Å². The highest BCUT2D eigenvalue weighted by molar-refractivity contribution is 5.95. The van der Waals surface area contributed by atoms with Gasteiger partial charge in [-0.1, -0.05) is 0 Å². The van der Waals surface area contributed by atoms with E-state index in [4.69, 9.17) is 4.74 Å². The van der Waals surface area contributed by atoms with E-state index in [2.05, 4.69) is 20.8 Å². The number of nitrogens with zero attached hydrogens (tertiary/aromatic N) is 5. The molecule has 0 radical (unpaired) electrons. The molecule has 1 aliphatic rings. The van der Waals surface area contributed by atoms with Crippen LogP contribution >= 0.6 is 0 Å². The maximum atomic E-state index is 12.3. The number of methoxy groups -OCH3 is 1. The number of nitrogens with one attached hydrogen (secondary N) is 2. The number of non-ortho nitro benzene ring substituents is 1. The zero-order valence-electron chi connectivity index (χ0n) is 16.9. The molecular formula is C18H19N7O7. The quantitative estimate of drug-likeness (QED) is 0.357. The van der Waals surface area contributed by atoms with Gasteiger partial charge in [0.1, 0.15) is 6.33 Å². The van der Waals surface area contributed by atoms with Gasteiger partial charge in [-0.2, -0.15) is 0 Å². The average molecular weight is 445 g/mol. The van der Waals surface area contributed by atoms with Crippen molar-refractivity contribution in [3.63, 3.8) is 0 Å². The number of ether oxygens (including phenoxy) is 1. The maximum Gasteiger partial charge on any atom is 0.355 e. The van der Waals surface area contributed by atoms with Crippen LogP contribution in [-0.2, 0) is 9.53 Å². The van der Waals surface area contributed by atoms with Gasteiger partial charge in [0, 0.05) is 30.8 Å². The standard InChI is InChI=1S/C18H19N7O7/c1-32-18(27)12-6-8-23(9-7-12)16-14(25(30)31)15(19-10-20-16)21-22-17(26)11-2-4-13(5-3-11)24(28)29/h2-5,10,12H,6-9H2,1H3,(H,22,26)(H,19,20,21). The number of nitro groups is 2. The summed E-state index contributed by atoms with van der Waals surface area (Å²) in [5.74, 6) is -1.45. The van der Waals surface area contributed by atoms with Crippen molar-refractivity contribution in [1.82, 2.24) is 15.4 Å². The topological polar surface area (TPSA) is 183 Å². The lowest BCUT2D eigenvalue weighted by Gasteiger charge is -2.31. The first-order valence-electron chi connectivity index (χ1n) is 9.44. The third kappa shape index (κ3) is 4.85. The van der Waals surface area contributed by atoms with Crippen molar-refractivity contribution in [1.29, 1.82) is 0 Å². The molecule has 2 heterocycles. The number of hydrogen-bond donors (Lipinski definition) is 2. The molecule has 0 spiro atoms. The number of hydrogen-bond acceptors (Lipinski definition) is 11. The second kappa shape index (κ2) is 9.63. The van der Waals surface area contributed by atoms with Crippen LogP contribution in [0, 0.1) is 26.1 Å². The maximum absolute atomic E-state index is 12.3. The Morgan fingerprint density at radius 3 is 2.31 bits per heavy atom. The van der Waals surface area contributed by atoms with Crippen molar-refractivity contribution >= 4 is 34.9 Å². The Morgan fingerprint density at radius 2 is 1.75 bits per heavy atom. The Balaban J connectivity index is 1.73. The molecule has 1 fully saturated rings. The fraction of sp³-hybridized carbons (Fsp3) is 0.333. The first kappa shape index (κ1) is 22.3. The van der Waals surface area contributed by atoms with Gasteiger partial charge in [0.05, 0.1) is 22.9 Å². The molecule has 1 aromatic heterocycles. The highest BCUT2D eigenvalue weighted by Gasteiger charge is 2.32. The first-order valence-corrected chi connectivity index (χ1v) is 9.44. The van der Waals surface area contributed by atoms with E-state index in [-0.39, 0.29) is 34.8 Å². The summed E-state index contributed by atoms with van der Waals surface area (Å²) in [6.45, 7) is 0.707. The SMILES string of the molecule is COC(=O)C1CCN(c2ncnc(NNC(=O)c3ccc([N+](=O)[O-])cc3)c2[N+](=O)[O-])CC1. The number of carbonyl (C=O) groups excluding carboxylic acids is 2. The highest BCUT2D eigenvalue weighted by atomic mass is 16.6. The smallest absolute Gasteiger partial charge is 0.355 e. The average Bonchev–Trinajstić information content (AvgIpc) is 2.81. The molecule has 14 heteroatoms. The van der Waals surface area contributed by atoms with Gasteiger partial charge in [-0.3, -0.25) is 40.7 Å². The lowest BCUT2D eigenvalue weighted by Crippen LogP contribution is -2.38. The van der Waals surface area contributed by atoms with E-state index in [1.807, 2.05) is 0 Å². The third-order valence-corrected chi connectivity index (χ3v) is 4.95. The molecule has 168 valence electrons. The van der Waals surface area contributed by atoms with Crippen molar-refractivity contribution < 1.29 is 24.2 Å². The zero-order chi connectivity index (χ0) is 23.3. The first-order chi connectivity index (χ1) is 15.3. The summed E-state index contributed by atoms with van der Waals surface area (Å²) in [5, 5.41) is 22.4. The van der Waals surface area contributed by atoms with E-state index >= 15 is 0 Å². The largest absolute Gasteiger partial charge is 0.469 e. The second-order valence-electron chi connectivity index (χ2n) is 6.82. The normalized spacial score (nSPS) is 13.8. The number of hydrazine groups is 1. The van der Waals surface area contributed by atoms with Gasteiger partial charge < -0.3 is 9.64 Å². The van der Waals surface area contributed by atoms with Crippen molar-refractivity contribution in [2.24, 2.45) is 5.92 Å². The van der Waals surface area contributed by atoms with Gasteiger partial charge in [0.15, 0.2) is 0 Å². The van der Waals surface area contributed by atoms with E-state index in [9.17, 15) is 29.8 Å². The minimum atomic E-state index is -0.673. The number of esters is 1. The molecule has 2 N–H and O–H groups in total. The van der Waals surface area contributed by atoms with Crippen LogP contribution in [0.5, 0.6) is 0 Å². The van der Waals surface area contributed by atoms with Gasteiger partial charge in [-0.15, -0.1) is 0 Å². The van der Waals surface area contributed by atoms with E-state index < -0.39 is 21.4 Å². The molecule has 32 heavy (non-hydrogen) atoms. The minimum absolute atomic E-state index is 0.0559. The van der Waals surface area contributed by atoms with Crippen LogP contribution < -0.4 is 15.8 Å². The molecule has 0 saturated carbocycles.